The van der Waals surface area contributed by atoms with E-state index in [2.05, 4.69) is 105 Å². The van der Waals surface area contributed by atoms with Crippen molar-refractivity contribution in [3.8, 4) is 0 Å². The zero-order valence-electron chi connectivity index (χ0n) is 15.1. The van der Waals surface area contributed by atoms with Crippen LogP contribution in [0.2, 0.25) is 0 Å². The number of hydrogen-bond donors (Lipinski definition) is 0. The fourth-order valence-electron chi connectivity index (χ4n) is 4.90. The molecule has 0 rings (SSSR count). The standard InChI is InChI=1S/6C2H6N.Mo/c6*1-3-2;/h6*1-2H3;/q6*-1;+6. The topological polar surface area (TPSA) is 19.4 Å². The minimum absolute atomic E-state index is 2.19. The molecule has 0 heterocycles. The Bertz CT molecular complexity index is 238. The van der Waals surface area contributed by atoms with Crippen LogP contribution in [0, 0.1) is 0 Å². The van der Waals surface area contributed by atoms with Gasteiger partial charge in [0.1, 0.15) is 0 Å². The van der Waals surface area contributed by atoms with E-state index in [1.54, 1.807) is 0 Å². The first-order valence-corrected chi connectivity index (χ1v) is 11.8. The molecule has 120 valence electrons. The summed E-state index contributed by atoms with van der Waals surface area (Å²) >= 11 is -4.41. The summed E-state index contributed by atoms with van der Waals surface area (Å²) in [5, 5.41) is 0. The molecule has 0 aromatic heterocycles. The second-order valence-corrected chi connectivity index (χ2v) is 22.9. The first-order chi connectivity index (χ1) is 8.34. The van der Waals surface area contributed by atoms with Crippen molar-refractivity contribution in [1.29, 1.82) is 0 Å². The summed E-state index contributed by atoms with van der Waals surface area (Å²) in [4.78, 5) is 0. The van der Waals surface area contributed by atoms with E-state index in [4.69, 9.17) is 0 Å². The van der Waals surface area contributed by atoms with Crippen molar-refractivity contribution in [2.45, 2.75) is 0 Å². The summed E-state index contributed by atoms with van der Waals surface area (Å²) in [6.45, 7) is 0. The fourth-order valence-corrected chi connectivity index (χ4v) is 29.0. The van der Waals surface area contributed by atoms with E-state index >= 15 is 0 Å². The van der Waals surface area contributed by atoms with Crippen LogP contribution in [0.5, 0.6) is 0 Å². The van der Waals surface area contributed by atoms with Crippen molar-refractivity contribution in [3.05, 3.63) is 0 Å². The normalized spacial score (nSPS) is 18.0. The van der Waals surface area contributed by atoms with Gasteiger partial charge in [0.25, 0.3) is 0 Å². The van der Waals surface area contributed by atoms with Gasteiger partial charge in [0.2, 0.25) is 0 Å². The van der Waals surface area contributed by atoms with Crippen LogP contribution in [0.3, 0.4) is 0 Å². The molecule has 7 heteroatoms. The average molecular weight is 360 g/mol. The molecule has 0 bridgehead atoms. The van der Waals surface area contributed by atoms with Gasteiger partial charge in [-0.05, 0) is 0 Å². The first kappa shape index (κ1) is 19.4. The van der Waals surface area contributed by atoms with E-state index in [-0.39, 0.29) is 0 Å². The van der Waals surface area contributed by atoms with Crippen molar-refractivity contribution in [3.63, 3.8) is 0 Å². The van der Waals surface area contributed by atoms with Crippen LogP contribution < -0.4 is 0 Å². The van der Waals surface area contributed by atoms with Gasteiger partial charge in [0.15, 0.2) is 0 Å². The molecule has 0 atom stereocenters. The maximum atomic E-state index is 2.42. The zero-order valence-corrected chi connectivity index (χ0v) is 17.1. The van der Waals surface area contributed by atoms with Gasteiger partial charge >= 0.3 is 120 Å². The van der Waals surface area contributed by atoms with Gasteiger partial charge in [-0.1, -0.05) is 0 Å². The predicted molar refractivity (Wildman–Crippen MR) is 82.1 cm³/mol. The second kappa shape index (κ2) is 5.02. The number of nitrogens with zero attached hydrogens (tertiary/aromatic N) is 6. The van der Waals surface area contributed by atoms with Crippen LogP contribution in [-0.4, -0.2) is 105 Å². The van der Waals surface area contributed by atoms with E-state index in [1.165, 1.54) is 0 Å². The zero-order chi connectivity index (χ0) is 15.9. The summed E-state index contributed by atoms with van der Waals surface area (Å²) in [6, 6.07) is 0. The molecule has 0 amide bonds. The maximum absolute atomic E-state index is 4.41. The monoisotopic (exact) mass is 362 g/mol. The Labute approximate surface area is 120 Å². The van der Waals surface area contributed by atoms with Gasteiger partial charge in [0.05, 0.1) is 0 Å². The van der Waals surface area contributed by atoms with Gasteiger partial charge in [0, 0.05) is 0 Å². The molecule has 0 aliphatic carbocycles. The second-order valence-electron chi connectivity index (χ2n) is 6.10. The summed E-state index contributed by atoms with van der Waals surface area (Å²) in [6.07, 6.45) is 0. The molecular weight excluding hydrogens is 324 g/mol. The average Bonchev–Trinajstić information content (AvgIpc) is 2.15. The minimum atomic E-state index is -4.41. The van der Waals surface area contributed by atoms with Crippen LogP contribution in [0.4, 0.5) is 0 Å². The quantitative estimate of drug-likeness (QED) is 0.620. The Morgan fingerprint density at radius 1 is 0.316 bits per heavy atom. The molecule has 0 N–H and O–H groups in total. The third kappa shape index (κ3) is 1.37. The molecule has 0 saturated heterocycles. The van der Waals surface area contributed by atoms with Crippen molar-refractivity contribution in [2.75, 3.05) is 84.6 Å². The van der Waals surface area contributed by atoms with Crippen LogP contribution in [0.25, 0.3) is 0 Å². The molecule has 19 heavy (non-hydrogen) atoms. The third-order valence-electron chi connectivity index (χ3n) is 4.90. The van der Waals surface area contributed by atoms with Crippen LogP contribution >= 0.6 is 0 Å². The fraction of sp³-hybridized carbons (Fsp3) is 1.00. The Hall–Kier alpha value is 0.448. The molecule has 0 fully saturated rings. The molecule has 0 aliphatic heterocycles. The van der Waals surface area contributed by atoms with E-state index < -0.39 is 15.1 Å². The van der Waals surface area contributed by atoms with Crippen LogP contribution in [0.1, 0.15) is 0 Å². The van der Waals surface area contributed by atoms with Gasteiger partial charge < -0.3 is 0 Å². The van der Waals surface area contributed by atoms with E-state index in [0.717, 1.165) is 0 Å². The molecule has 6 nitrogen and oxygen atoms in total. The van der Waals surface area contributed by atoms with Gasteiger partial charge in [-0.25, -0.2) is 0 Å². The summed E-state index contributed by atoms with van der Waals surface area (Å²) in [7, 11) is 26.2. The molecule has 0 aromatic carbocycles. The van der Waals surface area contributed by atoms with Crippen LogP contribution in [0.15, 0.2) is 0 Å². The van der Waals surface area contributed by atoms with Crippen LogP contribution in [-0.2, 0) is 15.1 Å². The van der Waals surface area contributed by atoms with E-state index in [0.29, 0.717) is 0 Å². The Morgan fingerprint density at radius 2 is 0.421 bits per heavy atom. The molecule has 0 spiro atoms. The molecule has 0 radical (unpaired) electrons. The molecule has 0 aromatic rings. The number of hydrogen-bond acceptors (Lipinski definition) is 6. The van der Waals surface area contributed by atoms with E-state index in [1.807, 2.05) is 0 Å². The van der Waals surface area contributed by atoms with Gasteiger partial charge in [-0.2, -0.15) is 0 Å². The summed E-state index contributed by atoms with van der Waals surface area (Å²) in [5.41, 5.74) is 0. The van der Waals surface area contributed by atoms with E-state index in [9.17, 15) is 0 Å². The van der Waals surface area contributed by atoms with Crippen molar-refractivity contribution < 1.29 is 15.1 Å². The van der Waals surface area contributed by atoms with Crippen molar-refractivity contribution in [2.24, 2.45) is 0 Å². The molecular formula is C12H36MoN6. The number of rotatable bonds is 6. The Kier molecular flexibility index (Phi) is 5.14. The molecule has 0 saturated carbocycles. The summed E-state index contributed by atoms with van der Waals surface area (Å²) in [5.74, 6) is 0. The van der Waals surface area contributed by atoms with Gasteiger partial charge in [-0.15, -0.1) is 0 Å². The Balaban J connectivity index is 7.26. The van der Waals surface area contributed by atoms with Crippen molar-refractivity contribution in [1.82, 2.24) is 20.8 Å². The summed E-state index contributed by atoms with van der Waals surface area (Å²) < 4.78 is 14.5. The molecule has 0 aliphatic rings. The third-order valence-corrected chi connectivity index (χ3v) is 29.0. The first-order valence-electron chi connectivity index (χ1n) is 6.46. The van der Waals surface area contributed by atoms with Gasteiger partial charge in [-0.3, -0.25) is 0 Å². The SMILES string of the molecule is C[N](C)[Mo]([N](C)C)([N](C)C)([N](C)C)([N](C)C)[N](C)C. The molecule has 0 unspecified atom stereocenters. The Morgan fingerprint density at radius 3 is 0.421 bits per heavy atom. The predicted octanol–water partition coefficient (Wildman–Crippen LogP) is 0.0713. The van der Waals surface area contributed by atoms with Crippen molar-refractivity contribution >= 4 is 0 Å².